The normalized spacial score (nSPS) is 20.4. The number of hydrogen-bond donors (Lipinski definition) is 2. The molecule has 1 atom stereocenters. The smallest absolute Gasteiger partial charge is 0.119 e. The molecule has 0 spiro atoms. The van der Waals surface area contributed by atoms with E-state index < -0.39 is 0 Å². The highest BCUT2D eigenvalue weighted by atomic mass is 16.5. The molecule has 0 amide bonds. The van der Waals surface area contributed by atoms with Crippen molar-refractivity contribution >= 4 is 10.9 Å². The van der Waals surface area contributed by atoms with Crippen molar-refractivity contribution < 1.29 is 9.47 Å². The Morgan fingerprint density at radius 1 is 1.37 bits per heavy atom. The number of ether oxygens (including phenoxy) is 2. The summed E-state index contributed by atoms with van der Waals surface area (Å²) >= 11 is 0. The highest BCUT2D eigenvalue weighted by Crippen LogP contribution is 2.29. The van der Waals surface area contributed by atoms with Gasteiger partial charge in [0.25, 0.3) is 0 Å². The second kappa shape index (κ2) is 5.23. The summed E-state index contributed by atoms with van der Waals surface area (Å²) in [6.45, 7) is 4.73. The van der Waals surface area contributed by atoms with E-state index in [4.69, 9.17) is 9.47 Å². The average molecular weight is 260 g/mol. The Labute approximate surface area is 113 Å². The zero-order chi connectivity index (χ0) is 13.2. The van der Waals surface area contributed by atoms with Gasteiger partial charge in [-0.2, -0.15) is 0 Å². The van der Waals surface area contributed by atoms with Crippen molar-refractivity contribution in [1.82, 2.24) is 10.3 Å². The fraction of sp³-hybridized carbons (Fsp3) is 0.467. The summed E-state index contributed by atoms with van der Waals surface area (Å²) in [5.74, 6) is 0.895. The van der Waals surface area contributed by atoms with Crippen LogP contribution in [0.25, 0.3) is 10.9 Å². The van der Waals surface area contributed by atoms with E-state index in [2.05, 4.69) is 29.4 Å². The molecule has 102 valence electrons. The fourth-order valence-corrected chi connectivity index (χ4v) is 2.70. The molecule has 3 rings (SSSR count). The van der Waals surface area contributed by atoms with E-state index in [0.717, 1.165) is 37.4 Å². The molecular formula is C15H20N2O2. The number of nitrogens with one attached hydrogen (secondary N) is 2. The van der Waals surface area contributed by atoms with Crippen LogP contribution in [0.5, 0.6) is 5.75 Å². The van der Waals surface area contributed by atoms with Gasteiger partial charge in [0.2, 0.25) is 0 Å². The topological polar surface area (TPSA) is 46.3 Å². The van der Waals surface area contributed by atoms with Crippen molar-refractivity contribution in [3.63, 3.8) is 0 Å². The first-order chi connectivity index (χ1) is 9.29. The van der Waals surface area contributed by atoms with Gasteiger partial charge in [0.05, 0.1) is 19.8 Å². The number of fused-ring (bicyclic) bond motifs is 1. The van der Waals surface area contributed by atoms with E-state index in [9.17, 15) is 0 Å². The number of benzene rings is 1. The summed E-state index contributed by atoms with van der Waals surface area (Å²) < 4.78 is 10.9. The zero-order valence-electron chi connectivity index (χ0n) is 11.5. The van der Waals surface area contributed by atoms with Gasteiger partial charge in [-0.15, -0.1) is 0 Å². The zero-order valence-corrected chi connectivity index (χ0v) is 11.5. The van der Waals surface area contributed by atoms with Crippen LogP contribution in [0.4, 0.5) is 0 Å². The summed E-state index contributed by atoms with van der Waals surface area (Å²) in [6.07, 6.45) is 1.07. The van der Waals surface area contributed by atoms with Gasteiger partial charge in [0.1, 0.15) is 5.75 Å². The maximum Gasteiger partial charge on any atom is 0.119 e. The van der Waals surface area contributed by atoms with Crippen LogP contribution < -0.4 is 10.1 Å². The third-order valence-corrected chi connectivity index (χ3v) is 3.79. The Kier molecular flexibility index (Phi) is 3.44. The fourth-order valence-electron chi connectivity index (χ4n) is 2.70. The number of aromatic nitrogens is 1. The van der Waals surface area contributed by atoms with Gasteiger partial charge >= 0.3 is 0 Å². The summed E-state index contributed by atoms with van der Waals surface area (Å²) in [5.41, 5.74) is 3.65. The summed E-state index contributed by atoms with van der Waals surface area (Å²) in [4.78, 5) is 3.51. The largest absolute Gasteiger partial charge is 0.497 e. The highest BCUT2D eigenvalue weighted by molar-refractivity contribution is 5.86. The first-order valence-corrected chi connectivity index (χ1v) is 6.77. The van der Waals surface area contributed by atoms with Crippen LogP contribution in [0.2, 0.25) is 0 Å². The minimum atomic E-state index is 0.251. The lowest BCUT2D eigenvalue weighted by atomic mass is 10.1. The van der Waals surface area contributed by atoms with E-state index in [1.54, 1.807) is 7.11 Å². The van der Waals surface area contributed by atoms with Crippen molar-refractivity contribution in [1.29, 1.82) is 0 Å². The van der Waals surface area contributed by atoms with Crippen molar-refractivity contribution in [3.05, 3.63) is 29.5 Å². The van der Waals surface area contributed by atoms with E-state index in [-0.39, 0.29) is 6.04 Å². The maximum absolute atomic E-state index is 5.65. The Bertz CT molecular complexity index is 569. The van der Waals surface area contributed by atoms with Gasteiger partial charge in [-0.05, 0) is 43.7 Å². The van der Waals surface area contributed by atoms with E-state index >= 15 is 0 Å². The standard InChI is InChI=1S/C15H20N2O2/c1-10-12-8-11(18-2)4-5-13(12)17-15(10)14-9-19-7-3-6-16-14/h4-5,8,14,16-17H,3,6-7,9H2,1-2H3. The van der Waals surface area contributed by atoms with Crippen LogP contribution in [0.3, 0.4) is 0 Å². The van der Waals surface area contributed by atoms with Crippen molar-refractivity contribution in [2.24, 2.45) is 0 Å². The Morgan fingerprint density at radius 2 is 2.26 bits per heavy atom. The van der Waals surface area contributed by atoms with Crippen LogP contribution in [0.1, 0.15) is 23.7 Å². The summed E-state index contributed by atoms with van der Waals surface area (Å²) in [6, 6.07) is 6.39. The summed E-state index contributed by atoms with van der Waals surface area (Å²) in [7, 11) is 1.70. The van der Waals surface area contributed by atoms with E-state index in [1.807, 2.05) is 6.07 Å². The van der Waals surface area contributed by atoms with Gasteiger partial charge < -0.3 is 19.8 Å². The second-order valence-corrected chi connectivity index (χ2v) is 5.01. The minimum Gasteiger partial charge on any atom is -0.497 e. The highest BCUT2D eigenvalue weighted by Gasteiger charge is 2.19. The Morgan fingerprint density at radius 3 is 3.11 bits per heavy atom. The number of rotatable bonds is 2. The first-order valence-electron chi connectivity index (χ1n) is 6.77. The second-order valence-electron chi connectivity index (χ2n) is 5.01. The third-order valence-electron chi connectivity index (χ3n) is 3.79. The summed E-state index contributed by atoms with van der Waals surface area (Å²) in [5, 5.41) is 4.76. The molecule has 4 nitrogen and oxygen atoms in total. The number of hydrogen-bond acceptors (Lipinski definition) is 3. The van der Waals surface area contributed by atoms with Gasteiger partial charge in [0.15, 0.2) is 0 Å². The van der Waals surface area contributed by atoms with Crippen LogP contribution in [0.15, 0.2) is 18.2 Å². The molecule has 2 aromatic rings. The molecule has 1 aromatic carbocycles. The number of methoxy groups -OCH3 is 1. The number of aryl methyl sites for hydroxylation is 1. The van der Waals surface area contributed by atoms with Gasteiger partial charge in [-0.25, -0.2) is 0 Å². The molecule has 0 bridgehead atoms. The Hall–Kier alpha value is -1.52. The lowest BCUT2D eigenvalue weighted by Gasteiger charge is -2.14. The molecule has 2 heterocycles. The minimum absolute atomic E-state index is 0.251. The molecule has 4 heteroatoms. The molecule has 2 N–H and O–H groups in total. The molecule has 0 saturated carbocycles. The lowest BCUT2D eigenvalue weighted by molar-refractivity contribution is 0.130. The number of H-pyrrole nitrogens is 1. The molecule has 19 heavy (non-hydrogen) atoms. The van der Waals surface area contributed by atoms with Crippen molar-refractivity contribution in [2.45, 2.75) is 19.4 Å². The number of aromatic amines is 1. The third kappa shape index (κ3) is 2.33. The molecular weight excluding hydrogens is 240 g/mol. The van der Waals surface area contributed by atoms with Crippen LogP contribution in [-0.4, -0.2) is 31.9 Å². The van der Waals surface area contributed by atoms with Crippen LogP contribution >= 0.6 is 0 Å². The molecule has 1 unspecified atom stereocenters. The SMILES string of the molecule is COc1ccc2[nH]c(C3COCCCN3)c(C)c2c1. The van der Waals surface area contributed by atoms with Gasteiger partial charge in [0, 0.05) is 23.2 Å². The van der Waals surface area contributed by atoms with Crippen molar-refractivity contribution in [2.75, 3.05) is 26.9 Å². The molecule has 1 saturated heterocycles. The average Bonchev–Trinajstić information content (AvgIpc) is 2.64. The molecule has 0 radical (unpaired) electrons. The molecule has 1 fully saturated rings. The molecule has 1 aliphatic heterocycles. The Balaban J connectivity index is 2.01. The maximum atomic E-state index is 5.65. The van der Waals surface area contributed by atoms with E-state index in [1.165, 1.54) is 16.6 Å². The molecule has 1 aliphatic rings. The first kappa shape index (κ1) is 12.5. The van der Waals surface area contributed by atoms with Crippen LogP contribution in [0, 0.1) is 6.92 Å². The van der Waals surface area contributed by atoms with Crippen molar-refractivity contribution in [3.8, 4) is 5.75 Å². The molecule has 1 aromatic heterocycles. The predicted molar refractivity (Wildman–Crippen MR) is 75.8 cm³/mol. The van der Waals surface area contributed by atoms with Gasteiger partial charge in [-0.3, -0.25) is 0 Å². The lowest BCUT2D eigenvalue weighted by Crippen LogP contribution is -2.24. The monoisotopic (exact) mass is 260 g/mol. The van der Waals surface area contributed by atoms with Gasteiger partial charge in [-0.1, -0.05) is 0 Å². The molecule has 0 aliphatic carbocycles. The van der Waals surface area contributed by atoms with Crippen LogP contribution in [-0.2, 0) is 4.74 Å². The van der Waals surface area contributed by atoms with E-state index in [0.29, 0.717) is 0 Å². The quantitative estimate of drug-likeness (QED) is 0.872. The predicted octanol–water partition coefficient (Wildman–Crippen LogP) is 2.54.